The molecular formula is C16H17FN2O2. The molecule has 1 N–H and O–H groups in total. The lowest BCUT2D eigenvalue weighted by atomic mass is 9.93. The van der Waals surface area contributed by atoms with Crippen molar-refractivity contribution in [3.8, 4) is 0 Å². The normalized spacial score (nSPS) is 24.3. The summed E-state index contributed by atoms with van der Waals surface area (Å²) < 4.78 is 14.5. The summed E-state index contributed by atoms with van der Waals surface area (Å²) in [4.78, 5) is 25.4. The highest BCUT2D eigenvalue weighted by Gasteiger charge is 2.36. The van der Waals surface area contributed by atoms with Gasteiger partial charge >= 0.3 is 0 Å². The van der Waals surface area contributed by atoms with Crippen molar-refractivity contribution in [2.24, 2.45) is 5.92 Å². The number of nitrogens with one attached hydrogen (secondary N) is 1. The first-order chi connectivity index (χ1) is 10.1. The number of imide groups is 1. The maximum atomic E-state index is 14.5. The van der Waals surface area contributed by atoms with E-state index in [1.54, 1.807) is 24.3 Å². The second-order valence-corrected chi connectivity index (χ2v) is 5.53. The average molecular weight is 288 g/mol. The van der Waals surface area contributed by atoms with Gasteiger partial charge in [-0.05, 0) is 36.6 Å². The molecule has 2 heterocycles. The average Bonchev–Trinajstić information content (AvgIpc) is 2.73. The van der Waals surface area contributed by atoms with Crippen molar-refractivity contribution in [3.63, 3.8) is 0 Å². The van der Waals surface area contributed by atoms with Gasteiger partial charge in [-0.15, -0.1) is 0 Å². The minimum Gasteiger partial charge on any atom is -0.316 e. The summed E-state index contributed by atoms with van der Waals surface area (Å²) in [6.07, 6.45) is 0.621. The van der Waals surface area contributed by atoms with E-state index in [-0.39, 0.29) is 18.3 Å². The van der Waals surface area contributed by atoms with Gasteiger partial charge in [0.15, 0.2) is 0 Å². The van der Waals surface area contributed by atoms with Crippen molar-refractivity contribution in [1.29, 1.82) is 0 Å². The van der Waals surface area contributed by atoms with Crippen molar-refractivity contribution in [2.75, 3.05) is 19.6 Å². The van der Waals surface area contributed by atoms with Gasteiger partial charge in [0.2, 0.25) is 0 Å². The van der Waals surface area contributed by atoms with E-state index >= 15 is 0 Å². The number of nitrogens with zero attached hydrogens (tertiary/aromatic N) is 1. The van der Waals surface area contributed by atoms with Crippen LogP contribution in [0.5, 0.6) is 0 Å². The summed E-state index contributed by atoms with van der Waals surface area (Å²) in [5.41, 5.74) is 1.43. The Hall–Kier alpha value is -2.01. The van der Waals surface area contributed by atoms with Crippen LogP contribution in [-0.2, 0) is 0 Å². The van der Waals surface area contributed by atoms with Crippen molar-refractivity contribution < 1.29 is 14.0 Å². The lowest BCUT2D eigenvalue weighted by molar-refractivity contribution is 0.0658. The zero-order valence-electron chi connectivity index (χ0n) is 11.9. The van der Waals surface area contributed by atoms with Gasteiger partial charge in [-0.1, -0.05) is 19.1 Å². The number of hydrogen-bond acceptors (Lipinski definition) is 3. The smallest absolute Gasteiger partial charge is 0.261 e. The molecule has 1 aromatic rings. The van der Waals surface area contributed by atoms with E-state index in [0.717, 1.165) is 18.0 Å². The highest BCUT2D eigenvalue weighted by Crippen LogP contribution is 2.27. The monoisotopic (exact) mass is 288 g/mol. The molecule has 5 heteroatoms. The van der Waals surface area contributed by atoms with E-state index in [9.17, 15) is 14.0 Å². The lowest BCUT2D eigenvalue weighted by Gasteiger charge is -2.24. The Morgan fingerprint density at radius 2 is 1.90 bits per heavy atom. The van der Waals surface area contributed by atoms with Crippen molar-refractivity contribution in [2.45, 2.75) is 13.3 Å². The van der Waals surface area contributed by atoms with Crippen LogP contribution in [0.25, 0.3) is 0 Å². The molecule has 0 bridgehead atoms. The minimum atomic E-state index is -0.409. The number of hydrogen-bond donors (Lipinski definition) is 1. The Morgan fingerprint density at radius 1 is 1.29 bits per heavy atom. The molecule has 1 unspecified atom stereocenters. The summed E-state index contributed by atoms with van der Waals surface area (Å²) >= 11 is 0. The van der Waals surface area contributed by atoms with Gasteiger partial charge in [-0.25, -0.2) is 4.39 Å². The maximum absolute atomic E-state index is 14.5. The van der Waals surface area contributed by atoms with Crippen molar-refractivity contribution >= 4 is 11.8 Å². The van der Waals surface area contributed by atoms with Gasteiger partial charge in [-0.3, -0.25) is 14.5 Å². The molecule has 0 aromatic heterocycles. The third kappa shape index (κ3) is 2.38. The van der Waals surface area contributed by atoms with Crippen LogP contribution in [0.2, 0.25) is 0 Å². The van der Waals surface area contributed by atoms with Gasteiger partial charge in [0, 0.05) is 6.54 Å². The summed E-state index contributed by atoms with van der Waals surface area (Å²) in [6.45, 7) is 3.15. The fraction of sp³-hybridized carbons (Fsp3) is 0.375. The lowest BCUT2D eigenvalue weighted by Crippen LogP contribution is -2.34. The number of benzene rings is 1. The van der Waals surface area contributed by atoms with E-state index in [1.807, 2.05) is 6.92 Å². The second kappa shape index (κ2) is 5.41. The molecule has 0 aliphatic carbocycles. The molecule has 2 aliphatic rings. The topological polar surface area (TPSA) is 49.4 Å². The maximum Gasteiger partial charge on any atom is 0.261 e. The summed E-state index contributed by atoms with van der Waals surface area (Å²) in [5, 5.41) is 3.20. The number of halogens is 1. The van der Waals surface area contributed by atoms with Crippen LogP contribution in [0.1, 0.15) is 34.1 Å². The third-order valence-corrected chi connectivity index (χ3v) is 4.14. The Labute approximate surface area is 122 Å². The molecular weight excluding hydrogens is 271 g/mol. The highest BCUT2D eigenvalue weighted by atomic mass is 19.1. The van der Waals surface area contributed by atoms with Gasteiger partial charge in [0.05, 0.1) is 17.7 Å². The molecule has 1 saturated heterocycles. The van der Waals surface area contributed by atoms with E-state index in [4.69, 9.17) is 0 Å². The summed E-state index contributed by atoms with van der Waals surface area (Å²) in [7, 11) is 0. The number of carbonyl (C=O) groups is 2. The fourth-order valence-corrected chi connectivity index (χ4v) is 2.94. The first-order valence-electron chi connectivity index (χ1n) is 7.13. The first kappa shape index (κ1) is 13.9. The van der Waals surface area contributed by atoms with Crippen LogP contribution in [0.3, 0.4) is 0 Å². The Balaban J connectivity index is 1.85. The number of fused-ring (bicyclic) bond motifs is 1. The Bertz CT molecular complexity index is 604. The molecule has 1 aromatic carbocycles. The molecule has 4 nitrogen and oxygen atoms in total. The second-order valence-electron chi connectivity index (χ2n) is 5.53. The van der Waals surface area contributed by atoms with Crippen molar-refractivity contribution in [3.05, 3.63) is 46.8 Å². The van der Waals surface area contributed by atoms with Crippen LogP contribution in [0, 0.1) is 5.92 Å². The Morgan fingerprint density at radius 3 is 2.48 bits per heavy atom. The molecule has 0 saturated carbocycles. The predicted octanol–water partition coefficient (Wildman–Crippen LogP) is 2.14. The molecule has 2 aliphatic heterocycles. The molecule has 21 heavy (non-hydrogen) atoms. The zero-order valence-corrected chi connectivity index (χ0v) is 11.9. The van der Waals surface area contributed by atoms with Gasteiger partial charge in [0.25, 0.3) is 11.8 Å². The van der Waals surface area contributed by atoms with E-state index < -0.39 is 11.8 Å². The van der Waals surface area contributed by atoms with E-state index in [0.29, 0.717) is 23.1 Å². The summed E-state index contributed by atoms with van der Waals surface area (Å²) in [5.74, 6) is -1.08. The van der Waals surface area contributed by atoms with E-state index in [1.165, 1.54) is 0 Å². The SMILES string of the molecule is CC1CNCC/C1=C(\F)CN1C(=O)c2ccccc2C1=O. The minimum absolute atomic E-state index is 0.0916. The van der Waals surface area contributed by atoms with Crippen LogP contribution in [-0.4, -0.2) is 36.3 Å². The van der Waals surface area contributed by atoms with Crippen LogP contribution >= 0.6 is 0 Å². The van der Waals surface area contributed by atoms with Gasteiger partial charge in [0.1, 0.15) is 5.83 Å². The number of carbonyl (C=O) groups excluding carboxylic acids is 2. The molecule has 1 fully saturated rings. The van der Waals surface area contributed by atoms with Gasteiger partial charge < -0.3 is 5.32 Å². The zero-order chi connectivity index (χ0) is 15.0. The fourth-order valence-electron chi connectivity index (χ4n) is 2.94. The quantitative estimate of drug-likeness (QED) is 0.848. The number of rotatable bonds is 2. The predicted molar refractivity (Wildman–Crippen MR) is 76.6 cm³/mol. The Kier molecular flexibility index (Phi) is 3.59. The standard InChI is InChI=1S/C16H17FN2O2/c1-10-8-18-7-6-11(10)14(17)9-19-15(20)12-4-2-3-5-13(12)16(19)21/h2-5,10,18H,6-9H2,1H3/b14-11+. The van der Waals surface area contributed by atoms with Crippen LogP contribution in [0.15, 0.2) is 35.7 Å². The highest BCUT2D eigenvalue weighted by molar-refractivity contribution is 6.21. The molecule has 0 radical (unpaired) electrons. The molecule has 3 rings (SSSR count). The first-order valence-corrected chi connectivity index (χ1v) is 7.13. The van der Waals surface area contributed by atoms with E-state index in [2.05, 4.69) is 5.32 Å². The molecule has 110 valence electrons. The van der Waals surface area contributed by atoms with Gasteiger partial charge in [-0.2, -0.15) is 0 Å². The number of piperidine rings is 1. The largest absolute Gasteiger partial charge is 0.316 e. The van der Waals surface area contributed by atoms with Crippen LogP contribution in [0.4, 0.5) is 4.39 Å². The molecule has 2 amide bonds. The summed E-state index contributed by atoms with van der Waals surface area (Å²) in [6, 6.07) is 6.62. The van der Waals surface area contributed by atoms with Crippen LogP contribution < -0.4 is 5.32 Å². The molecule has 0 spiro atoms. The number of amides is 2. The molecule has 1 atom stereocenters. The van der Waals surface area contributed by atoms with Crippen molar-refractivity contribution in [1.82, 2.24) is 10.2 Å². The third-order valence-electron chi connectivity index (χ3n) is 4.14.